The number of aromatic amines is 1. The highest BCUT2D eigenvalue weighted by atomic mass is 32.2. The monoisotopic (exact) mass is 308 g/mol. The Labute approximate surface area is 115 Å². The average molecular weight is 308 g/mol. The first-order chi connectivity index (χ1) is 8.45. The van der Waals surface area contributed by atoms with Crippen LogP contribution in [-0.2, 0) is 10.0 Å². The fourth-order valence-corrected chi connectivity index (χ4v) is 6.22. The molecule has 2 rings (SSSR count). The Morgan fingerprint density at radius 3 is 2.78 bits per heavy atom. The van der Waals surface area contributed by atoms with Crippen LogP contribution in [-0.4, -0.2) is 41.8 Å². The molecule has 0 spiro atoms. The molecule has 1 aliphatic heterocycles. The molecule has 5 nitrogen and oxygen atoms in total. The molecule has 102 valence electrons. The van der Waals surface area contributed by atoms with Gasteiger partial charge < -0.3 is 4.98 Å². The first kappa shape index (κ1) is 14.1. The predicted molar refractivity (Wildman–Crippen MR) is 75.0 cm³/mol. The van der Waals surface area contributed by atoms with E-state index in [0.717, 1.165) is 23.5 Å². The quantitative estimate of drug-likeness (QED) is 0.912. The van der Waals surface area contributed by atoms with E-state index >= 15 is 0 Å². The van der Waals surface area contributed by atoms with Gasteiger partial charge >= 0.3 is 4.87 Å². The molecule has 1 atom stereocenters. The van der Waals surface area contributed by atoms with Gasteiger partial charge in [-0.05, 0) is 13.3 Å². The van der Waals surface area contributed by atoms with Crippen LogP contribution >= 0.6 is 23.1 Å². The topological polar surface area (TPSA) is 70.2 Å². The van der Waals surface area contributed by atoms with Crippen LogP contribution in [0.5, 0.6) is 0 Å². The lowest BCUT2D eigenvalue weighted by Gasteiger charge is -2.30. The molecule has 1 aliphatic rings. The van der Waals surface area contributed by atoms with Crippen molar-refractivity contribution >= 4 is 33.1 Å². The standard InChI is InChI=1S/C10H16N2O3S3/c1-3-8-6-12(4-5-16-8)18(14,15)9-7(2)11-10(13)17-9/h8H,3-6H2,1-2H3,(H,11,13). The van der Waals surface area contributed by atoms with E-state index in [1.165, 1.54) is 4.31 Å². The number of aryl methyl sites for hydroxylation is 1. The summed E-state index contributed by atoms with van der Waals surface area (Å²) in [6.45, 7) is 4.75. The minimum Gasteiger partial charge on any atom is -0.315 e. The zero-order valence-electron chi connectivity index (χ0n) is 10.3. The molecule has 8 heteroatoms. The summed E-state index contributed by atoms with van der Waals surface area (Å²) >= 11 is 2.59. The number of thioether (sulfide) groups is 1. The van der Waals surface area contributed by atoms with E-state index in [9.17, 15) is 13.2 Å². The van der Waals surface area contributed by atoms with Crippen LogP contribution in [0.15, 0.2) is 9.00 Å². The van der Waals surface area contributed by atoms with Crippen molar-refractivity contribution in [2.45, 2.75) is 29.7 Å². The highest BCUT2D eigenvalue weighted by Crippen LogP contribution is 2.28. The number of nitrogens with one attached hydrogen (secondary N) is 1. The van der Waals surface area contributed by atoms with Crippen molar-refractivity contribution in [3.05, 3.63) is 15.4 Å². The molecule has 0 aromatic carbocycles. The fourth-order valence-electron chi connectivity index (χ4n) is 1.91. The molecule has 1 unspecified atom stereocenters. The van der Waals surface area contributed by atoms with Crippen molar-refractivity contribution in [3.63, 3.8) is 0 Å². The molecule has 0 amide bonds. The molecular formula is C10H16N2O3S3. The van der Waals surface area contributed by atoms with Crippen LogP contribution in [0.1, 0.15) is 19.0 Å². The summed E-state index contributed by atoms with van der Waals surface area (Å²) in [7, 11) is -3.51. The molecule has 1 aromatic heterocycles. The second-order valence-corrected chi connectivity index (χ2v) is 8.72. The Bertz CT molecular complexity index is 575. The van der Waals surface area contributed by atoms with Gasteiger partial charge in [0.2, 0.25) is 0 Å². The van der Waals surface area contributed by atoms with Gasteiger partial charge in [-0.1, -0.05) is 18.3 Å². The number of nitrogens with zero attached hydrogens (tertiary/aromatic N) is 1. The molecule has 1 saturated heterocycles. The third-order valence-corrected chi connectivity index (χ3v) is 7.73. The van der Waals surface area contributed by atoms with Crippen molar-refractivity contribution in [2.75, 3.05) is 18.8 Å². The summed E-state index contributed by atoms with van der Waals surface area (Å²) in [6.07, 6.45) is 0.957. The molecule has 0 radical (unpaired) electrons. The van der Waals surface area contributed by atoms with Gasteiger partial charge in [-0.3, -0.25) is 4.79 Å². The Hall–Kier alpha value is -0.310. The van der Waals surface area contributed by atoms with Crippen molar-refractivity contribution in [1.29, 1.82) is 0 Å². The van der Waals surface area contributed by atoms with Crippen molar-refractivity contribution in [2.24, 2.45) is 0 Å². The largest absolute Gasteiger partial charge is 0.315 e. The minimum absolute atomic E-state index is 0.161. The average Bonchev–Trinajstić information content (AvgIpc) is 2.69. The number of H-pyrrole nitrogens is 1. The third kappa shape index (κ3) is 2.66. The second-order valence-electron chi connectivity index (χ2n) is 4.19. The van der Waals surface area contributed by atoms with Crippen LogP contribution in [0, 0.1) is 6.92 Å². The number of sulfonamides is 1. The lowest BCUT2D eigenvalue weighted by Crippen LogP contribution is -2.41. The van der Waals surface area contributed by atoms with Crippen molar-refractivity contribution in [3.8, 4) is 0 Å². The molecule has 1 aromatic rings. The molecule has 0 aliphatic carbocycles. The smallest absolute Gasteiger partial charge is 0.305 e. The third-order valence-electron chi connectivity index (χ3n) is 2.91. The number of hydrogen-bond donors (Lipinski definition) is 1. The van der Waals surface area contributed by atoms with E-state index in [0.29, 0.717) is 24.0 Å². The van der Waals surface area contributed by atoms with E-state index in [-0.39, 0.29) is 9.08 Å². The second kappa shape index (κ2) is 5.36. The highest BCUT2D eigenvalue weighted by Gasteiger charge is 2.32. The molecule has 0 bridgehead atoms. The molecular weight excluding hydrogens is 292 g/mol. The van der Waals surface area contributed by atoms with Gasteiger partial charge in [-0.25, -0.2) is 8.42 Å². The number of aromatic nitrogens is 1. The maximum absolute atomic E-state index is 12.5. The Morgan fingerprint density at radius 2 is 2.22 bits per heavy atom. The fraction of sp³-hybridized carbons (Fsp3) is 0.700. The summed E-state index contributed by atoms with van der Waals surface area (Å²) in [5.41, 5.74) is 0.441. The highest BCUT2D eigenvalue weighted by molar-refractivity contribution is 8.00. The van der Waals surface area contributed by atoms with E-state index in [1.807, 2.05) is 11.8 Å². The van der Waals surface area contributed by atoms with E-state index in [2.05, 4.69) is 11.9 Å². The first-order valence-corrected chi connectivity index (χ1v) is 9.07. The van der Waals surface area contributed by atoms with Gasteiger partial charge in [-0.2, -0.15) is 16.1 Å². The van der Waals surface area contributed by atoms with Gasteiger partial charge in [0.1, 0.15) is 0 Å². The lowest BCUT2D eigenvalue weighted by atomic mass is 10.3. The summed E-state index contributed by atoms with van der Waals surface area (Å²) in [5, 5.41) is 0.351. The van der Waals surface area contributed by atoms with Crippen molar-refractivity contribution in [1.82, 2.24) is 9.29 Å². The lowest BCUT2D eigenvalue weighted by molar-refractivity contribution is 0.417. The Morgan fingerprint density at radius 1 is 1.50 bits per heavy atom. The SMILES string of the molecule is CCC1CN(S(=O)(=O)c2sc(=O)[nH]c2C)CCS1. The molecule has 0 saturated carbocycles. The normalized spacial score (nSPS) is 22.2. The van der Waals surface area contributed by atoms with Gasteiger partial charge in [-0.15, -0.1) is 0 Å². The maximum Gasteiger partial charge on any atom is 0.305 e. The molecule has 2 heterocycles. The Balaban J connectivity index is 2.31. The van der Waals surface area contributed by atoms with Crippen LogP contribution in [0.25, 0.3) is 0 Å². The zero-order valence-corrected chi connectivity index (χ0v) is 12.8. The summed E-state index contributed by atoms with van der Waals surface area (Å²) in [6, 6.07) is 0. The van der Waals surface area contributed by atoms with Gasteiger partial charge in [0, 0.05) is 29.8 Å². The molecule has 1 N–H and O–H groups in total. The van der Waals surface area contributed by atoms with Crippen LogP contribution in [0.4, 0.5) is 0 Å². The summed E-state index contributed by atoms with van der Waals surface area (Å²) < 4.78 is 26.6. The predicted octanol–water partition coefficient (Wildman–Crippen LogP) is 1.26. The van der Waals surface area contributed by atoms with E-state index in [4.69, 9.17) is 0 Å². The summed E-state index contributed by atoms with van der Waals surface area (Å²) in [4.78, 5) is 13.5. The minimum atomic E-state index is -3.51. The zero-order chi connectivity index (χ0) is 13.3. The first-order valence-electron chi connectivity index (χ1n) is 5.76. The maximum atomic E-state index is 12.5. The van der Waals surface area contributed by atoms with Crippen LogP contribution in [0.3, 0.4) is 0 Å². The van der Waals surface area contributed by atoms with Crippen LogP contribution < -0.4 is 4.87 Å². The number of thiazole rings is 1. The van der Waals surface area contributed by atoms with E-state index in [1.54, 1.807) is 6.92 Å². The van der Waals surface area contributed by atoms with Gasteiger partial charge in [0.25, 0.3) is 10.0 Å². The van der Waals surface area contributed by atoms with Gasteiger partial charge in [0.15, 0.2) is 4.21 Å². The van der Waals surface area contributed by atoms with E-state index < -0.39 is 10.0 Å². The van der Waals surface area contributed by atoms with Crippen LogP contribution in [0.2, 0.25) is 0 Å². The number of hydrogen-bond acceptors (Lipinski definition) is 5. The molecule has 18 heavy (non-hydrogen) atoms. The Kier molecular flexibility index (Phi) is 4.20. The van der Waals surface area contributed by atoms with Crippen molar-refractivity contribution < 1.29 is 8.42 Å². The molecule has 1 fully saturated rings. The number of rotatable bonds is 3. The summed E-state index contributed by atoms with van der Waals surface area (Å²) in [5.74, 6) is 0.816. The van der Waals surface area contributed by atoms with Gasteiger partial charge in [0.05, 0.1) is 0 Å².